The van der Waals surface area contributed by atoms with Gasteiger partial charge in [0.15, 0.2) is 0 Å². The lowest BCUT2D eigenvalue weighted by Crippen LogP contribution is -2.40. The Hall–Kier alpha value is -0.930. The normalized spacial score (nSPS) is 27.7. The topological polar surface area (TPSA) is 28.2 Å². The quantitative estimate of drug-likeness (QED) is 0.894. The fourth-order valence-corrected chi connectivity index (χ4v) is 3.01. The van der Waals surface area contributed by atoms with Crippen LogP contribution in [0.4, 0.5) is 0 Å². The second-order valence-electron chi connectivity index (χ2n) is 6.77. The highest BCUT2D eigenvalue weighted by molar-refractivity contribution is 5.14. The van der Waals surface area contributed by atoms with E-state index in [2.05, 4.69) is 41.2 Å². The van der Waals surface area contributed by atoms with Gasteiger partial charge < -0.3 is 5.32 Å². The van der Waals surface area contributed by atoms with Crippen LogP contribution in [0.25, 0.3) is 0 Å². The smallest absolute Gasteiger partial charge is 0.0544 e. The Morgan fingerprint density at radius 1 is 1.20 bits per heavy atom. The van der Waals surface area contributed by atoms with E-state index < -0.39 is 0 Å². The first-order valence-electron chi connectivity index (χ1n) is 8.12. The molecule has 3 nitrogen and oxygen atoms in total. The van der Waals surface area contributed by atoms with Gasteiger partial charge in [-0.3, -0.25) is 9.88 Å². The number of pyridine rings is 1. The van der Waals surface area contributed by atoms with Crippen LogP contribution in [-0.4, -0.2) is 28.5 Å². The number of likely N-dealkylation sites (tertiary alicyclic amines) is 1. The van der Waals surface area contributed by atoms with Crippen molar-refractivity contribution in [2.45, 2.75) is 64.7 Å². The van der Waals surface area contributed by atoms with Crippen molar-refractivity contribution < 1.29 is 0 Å². The van der Waals surface area contributed by atoms with E-state index in [0.29, 0.717) is 6.04 Å². The molecular formula is C17H27N3. The molecule has 0 aromatic carbocycles. The van der Waals surface area contributed by atoms with Crippen LogP contribution in [-0.2, 0) is 13.1 Å². The van der Waals surface area contributed by atoms with E-state index in [9.17, 15) is 0 Å². The van der Waals surface area contributed by atoms with Gasteiger partial charge in [-0.2, -0.15) is 0 Å². The van der Waals surface area contributed by atoms with Crippen LogP contribution in [0.1, 0.15) is 50.8 Å². The van der Waals surface area contributed by atoms with E-state index in [1.807, 2.05) is 6.20 Å². The molecule has 3 heteroatoms. The maximum absolute atomic E-state index is 4.65. The highest BCUT2D eigenvalue weighted by atomic mass is 15.2. The van der Waals surface area contributed by atoms with Crippen LogP contribution < -0.4 is 5.32 Å². The second kappa shape index (κ2) is 6.23. The van der Waals surface area contributed by atoms with E-state index >= 15 is 0 Å². The van der Waals surface area contributed by atoms with Crippen molar-refractivity contribution in [3.8, 4) is 0 Å². The minimum atomic E-state index is 0.698. The van der Waals surface area contributed by atoms with Crippen molar-refractivity contribution in [1.82, 2.24) is 15.2 Å². The molecule has 1 aliphatic heterocycles. The average molecular weight is 273 g/mol. The summed E-state index contributed by atoms with van der Waals surface area (Å²) in [5.41, 5.74) is 2.52. The molecule has 2 unspecified atom stereocenters. The van der Waals surface area contributed by atoms with Gasteiger partial charge in [0.05, 0.1) is 5.69 Å². The molecule has 2 fully saturated rings. The maximum Gasteiger partial charge on any atom is 0.0544 e. The van der Waals surface area contributed by atoms with Gasteiger partial charge in [-0.15, -0.1) is 0 Å². The molecule has 0 amide bonds. The minimum absolute atomic E-state index is 0.698. The summed E-state index contributed by atoms with van der Waals surface area (Å²) < 4.78 is 0. The van der Waals surface area contributed by atoms with Gasteiger partial charge in [0.1, 0.15) is 0 Å². The lowest BCUT2D eigenvalue weighted by Gasteiger charge is -2.36. The number of piperidine rings is 1. The zero-order valence-corrected chi connectivity index (χ0v) is 12.8. The Kier molecular flexibility index (Phi) is 4.37. The number of nitrogens with one attached hydrogen (secondary N) is 1. The zero-order valence-electron chi connectivity index (χ0n) is 12.8. The molecule has 3 rings (SSSR count). The summed E-state index contributed by atoms with van der Waals surface area (Å²) in [7, 11) is 0. The molecule has 0 bridgehead atoms. The molecule has 1 N–H and O–H groups in total. The minimum Gasteiger partial charge on any atom is -0.310 e. The third-order valence-corrected chi connectivity index (χ3v) is 4.67. The molecule has 20 heavy (non-hydrogen) atoms. The standard InChI is InChI=1S/C17H27N3/c1-13-3-4-14(2)20(11-13)12-17-6-5-15(10-19-17)9-18-16-7-8-16/h5-6,10,13-14,16,18H,3-4,7-9,11-12H2,1-2H3. The second-order valence-corrected chi connectivity index (χ2v) is 6.77. The molecule has 0 radical (unpaired) electrons. The summed E-state index contributed by atoms with van der Waals surface area (Å²) in [6, 6.07) is 5.90. The molecule has 1 aliphatic carbocycles. The van der Waals surface area contributed by atoms with Gasteiger partial charge in [0.25, 0.3) is 0 Å². The Morgan fingerprint density at radius 2 is 2.05 bits per heavy atom. The predicted octanol–water partition coefficient (Wildman–Crippen LogP) is 2.95. The molecule has 0 spiro atoms. The highest BCUT2D eigenvalue weighted by Crippen LogP contribution is 2.23. The van der Waals surface area contributed by atoms with Crippen molar-refractivity contribution in [1.29, 1.82) is 0 Å². The monoisotopic (exact) mass is 273 g/mol. The lowest BCUT2D eigenvalue weighted by atomic mass is 9.95. The zero-order chi connectivity index (χ0) is 13.9. The van der Waals surface area contributed by atoms with E-state index in [4.69, 9.17) is 0 Å². The van der Waals surface area contributed by atoms with Gasteiger partial charge in [-0.1, -0.05) is 13.0 Å². The van der Waals surface area contributed by atoms with E-state index in [1.54, 1.807) is 0 Å². The fourth-order valence-electron chi connectivity index (χ4n) is 3.01. The Balaban J connectivity index is 1.53. The van der Waals surface area contributed by atoms with Crippen LogP contribution in [0.5, 0.6) is 0 Å². The Labute approximate surface area is 122 Å². The molecular weight excluding hydrogens is 246 g/mol. The van der Waals surface area contributed by atoms with E-state index in [0.717, 1.165) is 25.0 Å². The molecule has 2 aliphatic rings. The average Bonchev–Trinajstić information content (AvgIpc) is 3.26. The first kappa shape index (κ1) is 14.0. The van der Waals surface area contributed by atoms with Gasteiger partial charge in [-0.25, -0.2) is 0 Å². The van der Waals surface area contributed by atoms with Gasteiger partial charge in [-0.05, 0) is 50.2 Å². The predicted molar refractivity (Wildman–Crippen MR) is 82.4 cm³/mol. The fraction of sp³-hybridized carbons (Fsp3) is 0.706. The van der Waals surface area contributed by atoms with Crippen LogP contribution >= 0.6 is 0 Å². The van der Waals surface area contributed by atoms with Gasteiger partial charge in [0, 0.05) is 37.9 Å². The largest absolute Gasteiger partial charge is 0.310 e. The van der Waals surface area contributed by atoms with E-state index in [1.165, 1.54) is 43.5 Å². The van der Waals surface area contributed by atoms with Crippen molar-refractivity contribution >= 4 is 0 Å². The molecule has 1 aromatic rings. The molecule has 2 heterocycles. The Bertz CT molecular complexity index is 424. The Morgan fingerprint density at radius 3 is 2.75 bits per heavy atom. The van der Waals surface area contributed by atoms with Crippen LogP contribution in [0.2, 0.25) is 0 Å². The first-order chi connectivity index (χ1) is 9.70. The lowest BCUT2D eigenvalue weighted by molar-refractivity contribution is 0.116. The molecule has 1 aromatic heterocycles. The maximum atomic E-state index is 4.65. The SMILES string of the molecule is CC1CCC(C)N(Cc2ccc(CNC3CC3)cn2)C1. The number of aromatic nitrogens is 1. The van der Waals surface area contributed by atoms with Crippen molar-refractivity contribution in [3.63, 3.8) is 0 Å². The number of rotatable bonds is 5. The van der Waals surface area contributed by atoms with Crippen molar-refractivity contribution in [2.24, 2.45) is 5.92 Å². The van der Waals surface area contributed by atoms with E-state index in [-0.39, 0.29) is 0 Å². The van der Waals surface area contributed by atoms with Gasteiger partial charge in [0.2, 0.25) is 0 Å². The third-order valence-electron chi connectivity index (χ3n) is 4.67. The molecule has 1 saturated carbocycles. The number of hydrogen-bond acceptors (Lipinski definition) is 3. The van der Waals surface area contributed by atoms with Crippen LogP contribution in [0, 0.1) is 5.92 Å². The summed E-state index contributed by atoms with van der Waals surface area (Å²) in [4.78, 5) is 7.23. The number of nitrogens with zero attached hydrogens (tertiary/aromatic N) is 2. The summed E-state index contributed by atoms with van der Waals surface area (Å²) in [6.45, 7) is 7.89. The molecule has 2 atom stereocenters. The highest BCUT2D eigenvalue weighted by Gasteiger charge is 2.23. The summed E-state index contributed by atoms with van der Waals surface area (Å²) in [6.07, 6.45) is 7.43. The van der Waals surface area contributed by atoms with Crippen molar-refractivity contribution in [2.75, 3.05) is 6.54 Å². The van der Waals surface area contributed by atoms with Crippen molar-refractivity contribution in [3.05, 3.63) is 29.6 Å². The van der Waals surface area contributed by atoms with Crippen LogP contribution in [0.15, 0.2) is 18.3 Å². The van der Waals surface area contributed by atoms with Crippen LogP contribution in [0.3, 0.4) is 0 Å². The summed E-state index contributed by atoms with van der Waals surface area (Å²) >= 11 is 0. The van der Waals surface area contributed by atoms with Gasteiger partial charge >= 0.3 is 0 Å². The molecule has 1 saturated heterocycles. The summed E-state index contributed by atoms with van der Waals surface area (Å²) in [5.74, 6) is 0.827. The first-order valence-corrected chi connectivity index (χ1v) is 8.12. The summed E-state index contributed by atoms with van der Waals surface area (Å²) in [5, 5.41) is 3.54. The third kappa shape index (κ3) is 3.80. The number of hydrogen-bond donors (Lipinski definition) is 1. The molecule has 110 valence electrons.